The Morgan fingerprint density at radius 1 is 1.69 bits per heavy atom. The minimum atomic E-state index is 0.309. The molecule has 4 N–H and O–H groups in total. The number of nitrogens with zero attached hydrogens (tertiary/aromatic N) is 1. The van der Waals surface area contributed by atoms with Gasteiger partial charge in [0.05, 0.1) is 0 Å². The molecule has 5 nitrogen and oxygen atoms in total. The number of aromatic amines is 1. The van der Waals surface area contributed by atoms with Crippen LogP contribution in [0, 0.1) is 13.8 Å². The van der Waals surface area contributed by atoms with Crippen LogP contribution >= 0.6 is 0 Å². The number of nitrogens with two attached hydrogens (primary N) is 1. The van der Waals surface area contributed by atoms with Gasteiger partial charge in [-0.05, 0) is 19.4 Å². The Labute approximate surface area is 76.0 Å². The minimum absolute atomic E-state index is 0.309. The van der Waals surface area contributed by atoms with Crippen LogP contribution in [0.15, 0.2) is 11.3 Å². The number of aryl methyl sites for hydroxylation is 2. The zero-order chi connectivity index (χ0) is 9.84. The molecule has 1 amide bonds. The molecule has 1 aromatic rings. The number of hydrogen-bond acceptors (Lipinski definition) is 2. The molecular formula is C8H12N4O. The number of aromatic nitrogens is 1. The van der Waals surface area contributed by atoms with Gasteiger partial charge in [-0.25, -0.2) is 5.43 Å². The van der Waals surface area contributed by atoms with E-state index in [1.54, 1.807) is 0 Å². The van der Waals surface area contributed by atoms with Gasteiger partial charge in [-0.15, -0.1) is 0 Å². The smallest absolute Gasteiger partial charge is 0.227 e. The Morgan fingerprint density at radius 3 is 2.85 bits per heavy atom. The molecular weight excluding hydrogens is 168 g/mol. The normalized spacial score (nSPS) is 11.4. The lowest BCUT2D eigenvalue weighted by molar-refractivity contribution is -0.109. The molecule has 0 radical (unpaired) electrons. The lowest BCUT2D eigenvalue weighted by Gasteiger charge is -2.00. The number of nitrogens with one attached hydrogen (secondary N) is 2. The van der Waals surface area contributed by atoms with Gasteiger partial charge in [-0.2, -0.15) is 5.10 Å². The summed E-state index contributed by atoms with van der Waals surface area (Å²) in [6, 6.07) is 0. The maximum absolute atomic E-state index is 9.97. The van der Waals surface area contributed by atoms with Crippen LogP contribution in [0.25, 0.3) is 0 Å². The molecule has 0 saturated heterocycles. The maximum atomic E-state index is 9.97. The van der Waals surface area contributed by atoms with Crippen molar-refractivity contribution in [2.24, 2.45) is 10.8 Å². The zero-order valence-electron chi connectivity index (χ0n) is 7.59. The van der Waals surface area contributed by atoms with Crippen LogP contribution in [0.5, 0.6) is 0 Å². The van der Waals surface area contributed by atoms with E-state index < -0.39 is 0 Å². The molecule has 0 aliphatic heterocycles. The monoisotopic (exact) mass is 180 g/mol. The molecule has 0 fully saturated rings. The fourth-order valence-electron chi connectivity index (χ4n) is 1.20. The van der Waals surface area contributed by atoms with Gasteiger partial charge in [0, 0.05) is 17.5 Å². The predicted octanol–water partition coefficient (Wildman–Crippen LogP) is -0.00216. The molecule has 1 rings (SSSR count). The SMILES string of the molecule is Cc1c[nH]c(C)c1/C(N)=N\NC=O. The van der Waals surface area contributed by atoms with Crippen molar-refractivity contribution >= 4 is 12.2 Å². The quantitative estimate of drug-likeness (QED) is 0.265. The van der Waals surface area contributed by atoms with Crippen LogP contribution in [0.4, 0.5) is 0 Å². The van der Waals surface area contributed by atoms with E-state index in [0.717, 1.165) is 16.8 Å². The van der Waals surface area contributed by atoms with Crippen molar-refractivity contribution in [3.8, 4) is 0 Å². The fourth-order valence-corrected chi connectivity index (χ4v) is 1.20. The Balaban J connectivity index is 2.99. The van der Waals surface area contributed by atoms with Crippen LogP contribution in [0.2, 0.25) is 0 Å². The van der Waals surface area contributed by atoms with Gasteiger partial charge < -0.3 is 10.7 Å². The predicted molar refractivity (Wildman–Crippen MR) is 50.2 cm³/mol. The molecule has 1 heterocycles. The average Bonchev–Trinajstić information content (AvgIpc) is 2.42. The highest BCUT2D eigenvalue weighted by Crippen LogP contribution is 2.10. The molecule has 5 heteroatoms. The summed E-state index contributed by atoms with van der Waals surface area (Å²) < 4.78 is 0. The Morgan fingerprint density at radius 2 is 2.38 bits per heavy atom. The summed E-state index contributed by atoms with van der Waals surface area (Å²) in [5.41, 5.74) is 10.6. The van der Waals surface area contributed by atoms with E-state index >= 15 is 0 Å². The molecule has 0 aliphatic carbocycles. The first-order valence-electron chi connectivity index (χ1n) is 3.84. The molecule has 0 aromatic carbocycles. The van der Waals surface area contributed by atoms with E-state index in [9.17, 15) is 4.79 Å². The van der Waals surface area contributed by atoms with E-state index in [0.29, 0.717) is 12.2 Å². The summed E-state index contributed by atoms with van der Waals surface area (Å²) in [6.45, 7) is 3.81. The summed E-state index contributed by atoms with van der Waals surface area (Å²) in [6.07, 6.45) is 2.32. The number of amidine groups is 1. The fraction of sp³-hybridized carbons (Fsp3) is 0.250. The lowest BCUT2D eigenvalue weighted by atomic mass is 10.1. The summed E-state index contributed by atoms with van der Waals surface area (Å²) in [5.74, 6) is 0.309. The number of hydrogen-bond donors (Lipinski definition) is 3. The average molecular weight is 180 g/mol. The van der Waals surface area contributed by atoms with Gasteiger partial charge in [0.15, 0.2) is 5.84 Å². The summed E-state index contributed by atoms with van der Waals surface area (Å²) in [4.78, 5) is 13.0. The van der Waals surface area contributed by atoms with Crippen LogP contribution in [0.3, 0.4) is 0 Å². The van der Waals surface area contributed by atoms with E-state index in [4.69, 9.17) is 5.73 Å². The van der Waals surface area contributed by atoms with Gasteiger partial charge in [0.25, 0.3) is 0 Å². The lowest BCUT2D eigenvalue weighted by Crippen LogP contribution is -2.19. The number of carbonyl (C=O) groups excluding carboxylic acids is 1. The molecule has 0 unspecified atom stereocenters. The molecule has 0 saturated carbocycles. The van der Waals surface area contributed by atoms with Gasteiger partial charge in [-0.1, -0.05) is 0 Å². The number of H-pyrrole nitrogens is 1. The van der Waals surface area contributed by atoms with Crippen LogP contribution in [0.1, 0.15) is 16.8 Å². The highest BCUT2D eigenvalue weighted by molar-refractivity contribution is 5.99. The van der Waals surface area contributed by atoms with Gasteiger partial charge in [-0.3, -0.25) is 4.79 Å². The largest absolute Gasteiger partial charge is 0.382 e. The summed E-state index contributed by atoms with van der Waals surface area (Å²) >= 11 is 0. The molecule has 1 aromatic heterocycles. The van der Waals surface area contributed by atoms with Crippen LogP contribution in [-0.4, -0.2) is 17.2 Å². The minimum Gasteiger partial charge on any atom is -0.382 e. The highest BCUT2D eigenvalue weighted by Gasteiger charge is 2.07. The first-order chi connectivity index (χ1) is 6.16. The molecule has 0 atom stereocenters. The van der Waals surface area contributed by atoms with E-state index in [1.807, 2.05) is 20.0 Å². The van der Waals surface area contributed by atoms with Crippen LogP contribution in [-0.2, 0) is 4.79 Å². The zero-order valence-corrected chi connectivity index (χ0v) is 7.59. The van der Waals surface area contributed by atoms with Crippen molar-refractivity contribution in [2.45, 2.75) is 13.8 Å². The van der Waals surface area contributed by atoms with Crippen molar-refractivity contribution in [1.82, 2.24) is 10.4 Å². The Hall–Kier alpha value is -1.78. The number of rotatable bonds is 3. The second-order valence-electron chi connectivity index (χ2n) is 2.72. The Bertz CT molecular complexity index is 320. The topological polar surface area (TPSA) is 83.3 Å². The molecule has 0 aliphatic rings. The molecule has 13 heavy (non-hydrogen) atoms. The highest BCUT2D eigenvalue weighted by atomic mass is 16.1. The third kappa shape index (κ3) is 1.87. The molecule has 70 valence electrons. The summed E-state index contributed by atoms with van der Waals surface area (Å²) in [5, 5.41) is 3.66. The second-order valence-corrected chi connectivity index (χ2v) is 2.72. The Kier molecular flexibility index (Phi) is 2.69. The van der Waals surface area contributed by atoms with E-state index in [2.05, 4.69) is 15.5 Å². The maximum Gasteiger partial charge on any atom is 0.227 e. The standard InChI is InChI=1S/C8H12N4O/c1-5-3-10-6(2)7(5)8(9)12-11-4-13/h3-4,10H,1-2H3,(H2,9,12)(H,11,13). The molecule has 0 spiro atoms. The first kappa shape index (κ1) is 9.31. The van der Waals surface area contributed by atoms with Gasteiger partial charge in [0.1, 0.15) is 0 Å². The van der Waals surface area contributed by atoms with E-state index in [1.165, 1.54) is 0 Å². The summed E-state index contributed by atoms with van der Waals surface area (Å²) in [7, 11) is 0. The van der Waals surface area contributed by atoms with Crippen molar-refractivity contribution in [1.29, 1.82) is 0 Å². The van der Waals surface area contributed by atoms with Gasteiger partial charge >= 0.3 is 0 Å². The van der Waals surface area contributed by atoms with Crippen molar-refractivity contribution in [3.63, 3.8) is 0 Å². The van der Waals surface area contributed by atoms with Crippen LogP contribution < -0.4 is 11.2 Å². The second kappa shape index (κ2) is 3.75. The number of hydrazone groups is 1. The third-order valence-corrected chi connectivity index (χ3v) is 1.77. The third-order valence-electron chi connectivity index (χ3n) is 1.77. The number of amides is 1. The van der Waals surface area contributed by atoms with Gasteiger partial charge in [0.2, 0.25) is 6.41 Å². The first-order valence-corrected chi connectivity index (χ1v) is 3.84. The molecule has 0 bridgehead atoms. The number of carbonyl (C=O) groups is 1. The van der Waals surface area contributed by atoms with Crippen molar-refractivity contribution in [2.75, 3.05) is 0 Å². The van der Waals surface area contributed by atoms with Crippen molar-refractivity contribution < 1.29 is 4.79 Å². The van der Waals surface area contributed by atoms with E-state index in [-0.39, 0.29) is 0 Å². The van der Waals surface area contributed by atoms with Crippen molar-refractivity contribution in [3.05, 3.63) is 23.0 Å².